The number of rotatable bonds is 2. The third kappa shape index (κ3) is 1.50. The van der Waals surface area contributed by atoms with Crippen LogP contribution in [-0.2, 0) is 9.47 Å². The molecule has 3 rings (SSSR count). The Bertz CT molecular complexity index is 614. The van der Waals surface area contributed by atoms with Gasteiger partial charge in [-0.15, -0.1) is 0 Å². The molecule has 0 aliphatic carbocycles. The molecule has 0 radical (unpaired) electrons. The highest BCUT2D eigenvalue weighted by Gasteiger charge is 2.69. The second kappa shape index (κ2) is 4.01. The summed E-state index contributed by atoms with van der Waals surface area (Å²) in [5.41, 5.74) is 3.00. The van der Waals surface area contributed by atoms with Gasteiger partial charge in [0.1, 0.15) is 23.1 Å². The molecule has 20 heavy (non-hydrogen) atoms. The number of aromatic nitrogens is 2. The highest BCUT2D eigenvalue weighted by atomic mass is 16.7. The van der Waals surface area contributed by atoms with Crippen LogP contribution in [0.3, 0.4) is 0 Å². The molecule has 0 saturated carbocycles. The maximum Gasteiger partial charge on any atom is 0.351 e. The normalized spacial score (nSPS) is 39.4. The van der Waals surface area contributed by atoms with Crippen molar-refractivity contribution in [2.75, 3.05) is 18.9 Å². The van der Waals surface area contributed by atoms with Crippen molar-refractivity contribution in [3.63, 3.8) is 0 Å². The summed E-state index contributed by atoms with van der Waals surface area (Å²) in [5.74, 6) is 0.152. The van der Waals surface area contributed by atoms with E-state index in [4.69, 9.17) is 15.2 Å². The van der Waals surface area contributed by atoms with Gasteiger partial charge in [0.15, 0.2) is 6.23 Å². The molecule has 2 fully saturated rings. The van der Waals surface area contributed by atoms with Gasteiger partial charge in [-0.2, -0.15) is 4.98 Å². The molecule has 2 bridgehead atoms. The summed E-state index contributed by atoms with van der Waals surface area (Å²) in [6, 6.07) is 0. The fourth-order valence-electron chi connectivity index (χ4n) is 2.81. The molecule has 2 aliphatic rings. The molecule has 3 heterocycles. The molecule has 1 aromatic rings. The number of anilines is 1. The zero-order valence-corrected chi connectivity index (χ0v) is 11.2. The van der Waals surface area contributed by atoms with Gasteiger partial charge < -0.3 is 25.4 Å². The first-order valence-electron chi connectivity index (χ1n) is 6.30. The Morgan fingerprint density at radius 1 is 1.65 bits per heavy atom. The van der Waals surface area contributed by atoms with Crippen LogP contribution in [0.1, 0.15) is 18.7 Å². The number of hydrogen-bond acceptors (Lipinski definition) is 7. The van der Waals surface area contributed by atoms with Gasteiger partial charge in [-0.05, 0) is 13.8 Å². The topological polar surface area (TPSA) is 120 Å². The van der Waals surface area contributed by atoms with Crippen LogP contribution in [0.4, 0.5) is 5.82 Å². The van der Waals surface area contributed by atoms with Gasteiger partial charge in [0.05, 0.1) is 13.2 Å². The standard InChI is InChI=1S/C12H17N3O5/c1-6-3-15(10(17)14-8(6)13)9-7-11(2,18)12(4-16,20-9)5-19-7/h3,7,9,16,18H,4-5H2,1-2H3,(H2,13,14,17). The highest BCUT2D eigenvalue weighted by molar-refractivity contribution is 5.35. The van der Waals surface area contributed by atoms with Crippen molar-refractivity contribution in [1.29, 1.82) is 0 Å². The predicted molar refractivity (Wildman–Crippen MR) is 67.9 cm³/mol. The van der Waals surface area contributed by atoms with Crippen LogP contribution < -0.4 is 11.4 Å². The zero-order chi connectivity index (χ0) is 14.7. The quantitative estimate of drug-likeness (QED) is 0.607. The Kier molecular flexibility index (Phi) is 2.71. The van der Waals surface area contributed by atoms with E-state index in [9.17, 15) is 15.0 Å². The van der Waals surface area contributed by atoms with Crippen LogP contribution in [-0.4, -0.2) is 50.3 Å². The first kappa shape index (κ1) is 13.5. The minimum absolute atomic E-state index is 0.0772. The van der Waals surface area contributed by atoms with E-state index in [2.05, 4.69) is 4.98 Å². The SMILES string of the molecule is Cc1cn(C2OC3(CO)COC2C3(C)O)c(=O)nc1N. The Labute approximate surface area is 114 Å². The van der Waals surface area contributed by atoms with Gasteiger partial charge in [0.2, 0.25) is 0 Å². The molecular formula is C12H17N3O5. The number of aliphatic hydroxyl groups is 2. The number of nitrogens with zero attached hydrogens (tertiary/aromatic N) is 2. The molecular weight excluding hydrogens is 266 g/mol. The van der Waals surface area contributed by atoms with Crippen LogP contribution in [0.5, 0.6) is 0 Å². The number of ether oxygens (including phenoxy) is 2. The van der Waals surface area contributed by atoms with E-state index >= 15 is 0 Å². The molecule has 0 spiro atoms. The Morgan fingerprint density at radius 3 is 2.95 bits per heavy atom. The zero-order valence-electron chi connectivity index (χ0n) is 11.2. The minimum Gasteiger partial charge on any atom is -0.393 e. The third-order valence-electron chi connectivity index (χ3n) is 4.28. The fourth-order valence-corrected chi connectivity index (χ4v) is 2.81. The molecule has 0 amide bonds. The van der Waals surface area contributed by atoms with E-state index in [0.717, 1.165) is 0 Å². The molecule has 2 saturated heterocycles. The number of nitrogen functional groups attached to an aromatic ring is 1. The van der Waals surface area contributed by atoms with Gasteiger partial charge in [-0.25, -0.2) is 4.79 Å². The van der Waals surface area contributed by atoms with Crippen molar-refractivity contribution in [2.45, 2.75) is 37.4 Å². The van der Waals surface area contributed by atoms with Gasteiger partial charge in [-0.3, -0.25) is 4.57 Å². The summed E-state index contributed by atoms with van der Waals surface area (Å²) < 4.78 is 12.5. The Balaban J connectivity index is 2.07. The lowest BCUT2D eigenvalue weighted by atomic mass is 9.86. The smallest absolute Gasteiger partial charge is 0.351 e. The largest absolute Gasteiger partial charge is 0.393 e. The maximum atomic E-state index is 12.0. The predicted octanol–water partition coefficient (Wildman–Crippen LogP) is -1.46. The van der Waals surface area contributed by atoms with Crippen molar-refractivity contribution in [1.82, 2.24) is 9.55 Å². The summed E-state index contributed by atoms with van der Waals surface area (Å²) in [4.78, 5) is 15.7. The van der Waals surface area contributed by atoms with Crippen molar-refractivity contribution >= 4 is 5.82 Å². The second-order valence-electron chi connectivity index (χ2n) is 5.54. The molecule has 4 unspecified atom stereocenters. The third-order valence-corrected chi connectivity index (χ3v) is 4.28. The molecule has 4 N–H and O–H groups in total. The van der Waals surface area contributed by atoms with E-state index in [1.54, 1.807) is 6.92 Å². The molecule has 4 atom stereocenters. The van der Waals surface area contributed by atoms with E-state index in [1.807, 2.05) is 0 Å². The van der Waals surface area contributed by atoms with Crippen LogP contribution in [0.15, 0.2) is 11.0 Å². The molecule has 8 heteroatoms. The fraction of sp³-hybridized carbons (Fsp3) is 0.667. The lowest BCUT2D eigenvalue weighted by molar-refractivity contribution is -0.191. The maximum absolute atomic E-state index is 12.0. The Morgan fingerprint density at radius 2 is 2.35 bits per heavy atom. The number of aryl methyl sites for hydroxylation is 1. The molecule has 1 aromatic heterocycles. The van der Waals surface area contributed by atoms with Gasteiger partial charge in [0, 0.05) is 11.8 Å². The van der Waals surface area contributed by atoms with E-state index in [-0.39, 0.29) is 12.4 Å². The lowest BCUT2D eigenvalue weighted by Gasteiger charge is -2.31. The summed E-state index contributed by atoms with van der Waals surface area (Å²) in [6.07, 6.45) is -0.0806. The number of nitrogens with two attached hydrogens (primary N) is 1. The number of hydrogen-bond donors (Lipinski definition) is 3. The van der Waals surface area contributed by atoms with Gasteiger partial charge >= 0.3 is 5.69 Å². The molecule has 2 aliphatic heterocycles. The second-order valence-corrected chi connectivity index (χ2v) is 5.54. The summed E-state index contributed by atoms with van der Waals surface area (Å²) in [5, 5.41) is 20.0. The van der Waals surface area contributed by atoms with E-state index < -0.39 is 35.8 Å². The van der Waals surface area contributed by atoms with E-state index in [0.29, 0.717) is 5.56 Å². The Hall–Kier alpha value is -1.48. The number of fused-ring (bicyclic) bond motifs is 2. The average Bonchev–Trinajstić information content (AvgIpc) is 2.78. The van der Waals surface area contributed by atoms with Crippen molar-refractivity contribution in [3.8, 4) is 0 Å². The summed E-state index contributed by atoms with van der Waals surface area (Å²) >= 11 is 0. The molecule has 0 aromatic carbocycles. The van der Waals surface area contributed by atoms with E-state index in [1.165, 1.54) is 17.7 Å². The van der Waals surface area contributed by atoms with Crippen LogP contribution in [0.2, 0.25) is 0 Å². The average molecular weight is 283 g/mol. The van der Waals surface area contributed by atoms with Crippen molar-refractivity contribution < 1.29 is 19.7 Å². The van der Waals surface area contributed by atoms with Crippen LogP contribution in [0.25, 0.3) is 0 Å². The highest BCUT2D eigenvalue weighted by Crippen LogP contribution is 2.50. The summed E-state index contributed by atoms with van der Waals surface area (Å²) in [7, 11) is 0. The minimum atomic E-state index is -1.39. The monoisotopic (exact) mass is 283 g/mol. The first-order valence-corrected chi connectivity index (χ1v) is 6.30. The first-order chi connectivity index (χ1) is 9.32. The molecule has 110 valence electrons. The molecule has 8 nitrogen and oxygen atoms in total. The van der Waals surface area contributed by atoms with Crippen molar-refractivity contribution in [3.05, 3.63) is 22.2 Å². The van der Waals surface area contributed by atoms with Crippen LogP contribution >= 0.6 is 0 Å². The van der Waals surface area contributed by atoms with Crippen LogP contribution in [0, 0.1) is 6.92 Å². The lowest BCUT2D eigenvalue weighted by Crippen LogP contribution is -2.52. The summed E-state index contributed by atoms with van der Waals surface area (Å²) in [6.45, 7) is 2.92. The van der Waals surface area contributed by atoms with Crippen molar-refractivity contribution in [2.24, 2.45) is 0 Å². The van der Waals surface area contributed by atoms with Gasteiger partial charge in [-0.1, -0.05) is 0 Å². The number of aliphatic hydroxyl groups excluding tert-OH is 1. The van der Waals surface area contributed by atoms with Gasteiger partial charge in [0.25, 0.3) is 0 Å².